The molecule has 0 aromatic carbocycles. The topological polar surface area (TPSA) is 74.8 Å². The van der Waals surface area contributed by atoms with E-state index in [1.807, 2.05) is 43.7 Å². The SMILES string of the molecule is CC(C)N(C)c1cc2c(c(CNC(=O)OC3CC3)n1)CN(C(C)(C)C)C2=O. The van der Waals surface area contributed by atoms with E-state index in [9.17, 15) is 9.59 Å². The maximum absolute atomic E-state index is 13.0. The van der Waals surface area contributed by atoms with Crippen LogP contribution in [0.5, 0.6) is 0 Å². The van der Waals surface area contributed by atoms with Gasteiger partial charge in [-0.05, 0) is 53.5 Å². The summed E-state index contributed by atoms with van der Waals surface area (Å²) in [7, 11) is 1.96. The number of nitrogens with zero attached hydrogens (tertiary/aromatic N) is 3. The highest BCUT2D eigenvalue weighted by molar-refractivity contribution is 5.99. The Morgan fingerprint density at radius 3 is 2.63 bits per heavy atom. The van der Waals surface area contributed by atoms with Crippen molar-refractivity contribution >= 4 is 17.8 Å². The van der Waals surface area contributed by atoms with Crippen molar-refractivity contribution in [3.8, 4) is 0 Å². The van der Waals surface area contributed by atoms with Crippen LogP contribution in [0.1, 0.15) is 69.1 Å². The number of fused-ring (bicyclic) bond motifs is 1. The van der Waals surface area contributed by atoms with Gasteiger partial charge in [0.15, 0.2) is 0 Å². The lowest BCUT2D eigenvalue weighted by Crippen LogP contribution is -2.41. The highest BCUT2D eigenvalue weighted by Crippen LogP contribution is 2.33. The van der Waals surface area contributed by atoms with Crippen molar-refractivity contribution in [3.05, 3.63) is 22.9 Å². The van der Waals surface area contributed by atoms with Crippen LogP contribution in [0.4, 0.5) is 10.6 Å². The molecule has 7 heteroatoms. The van der Waals surface area contributed by atoms with E-state index in [-0.39, 0.29) is 30.1 Å². The highest BCUT2D eigenvalue weighted by atomic mass is 16.6. The van der Waals surface area contributed by atoms with Crippen LogP contribution < -0.4 is 10.2 Å². The van der Waals surface area contributed by atoms with Crippen LogP contribution in [0.2, 0.25) is 0 Å². The van der Waals surface area contributed by atoms with E-state index in [0.29, 0.717) is 12.1 Å². The second kappa shape index (κ2) is 7.02. The zero-order chi connectivity index (χ0) is 19.9. The van der Waals surface area contributed by atoms with E-state index in [4.69, 9.17) is 9.72 Å². The summed E-state index contributed by atoms with van der Waals surface area (Å²) in [6.45, 7) is 11.0. The van der Waals surface area contributed by atoms with Gasteiger partial charge in [-0.1, -0.05) is 0 Å². The third kappa shape index (κ3) is 4.17. The number of aromatic nitrogens is 1. The molecule has 1 N–H and O–H groups in total. The average molecular weight is 374 g/mol. The molecule has 0 unspecified atom stereocenters. The molecule has 148 valence electrons. The van der Waals surface area contributed by atoms with E-state index < -0.39 is 6.09 Å². The lowest BCUT2D eigenvalue weighted by molar-refractivity contribution is 0.0609. The summed E-state index contributed by atoms with van der Waals surface area (Å²) in [5.74, 6) is 0.750. The number of hydrogen-bond donors (Lipinski definition) is 1. The Morgan fingerprint density at radius 1 is 1.41 bits per heavy atom. The van der Waals surface area contributed by atoms with Crippen molar-refractivity contribution in [3.63, 3.8) is 0 Å². The maximum Gasteiger partial charge on any atom is 0.407 e. The molecule has 0 radical (unpaired) electrons. The molecule has 27 heavy (non-hydrogen) atoms. The third-order valence-corrected chi connectivity index (χ3v) is 5.13. The summed E-state index contributed by atoms with van der Waals surface area (Å²) in [4.78, 5) is 33.6. The molecule has 1 fully saturated rings. The van der Waals surface area contributed by atoms with Crippen LogP contribution >= 0.6 is 0 Å². The van der Waals surface area contributed by atoms with Crippen LogP contribution in [0, 0.1) is 0 Å². The number of amides is 2. The molecule has 1 aliphatic heterocycles. The minimum absolute atomic E-state index is 0.0140. The average Bonchev–Trinajstić information content (AvgIpc) is 3.32. The van der Waals surface area contributed by atoms with Gasteiger partial charge in [0.1, 0.15) is 11.9 Å². The Bertz CT molecular complexity index is 750. The fourth-order valence-electron chi connectivity index (χ4n) is 3.02. The van der Waals surface area contributed by atoms with Gasteiger partial charge < -0.3 is 19.9 Å². The predicted octanol–water partition coefficient (Wildman–Crippen LogP) is 3.07. The Labute approximate surface area is 161 Å². The molecule has 0 spiro atoms. The summed E-state index contributed by atoms with van der Waals surface area (Å²) >= 11 is 0. The van der Waals surface area contributed by atoms with Crippen LogP contribution in [0.25, 0.3) is 0 Å². The van der Waals surface area contributed by atoms with Crippen molar-refractivity contribution in [2.24, 2.45) is 0 Å². The number of ether oxygens (including phenoxy) is 1. The van der Waals surface area contributed by atoms with E-state index in [1.165, 1.54) is 0 Å². The normalized spacial score (nSPS) is 16.6. The van der Waals surface area contributed by atoms with Crippen molar-refractivity contribution < 1.29 is 14.3 Å². The number of rotatable bonds is 5. The number of nitrogens with one attached hydrogen (secondary N) is 1. The molecular formula is C20H30N4O3. The number of pyridine rings is 1. The zero-order valence-corrected chi connectivity index (χ0v) is 17.1. The standard InChI is InChI=1S/C20H30N4O3/c1-12(2)23(6)17-9-14-15(11-24(18(14)25)20(3,4)5)16(22-17)10-21-19(26)27-13-7-8-13/h9,12-13H,7-8,10-11H2,1-6H3,(H,21,26). The Balaban J connectivity index is 1.90. The van der Waals surface area contributed by atoms with Gasteiger partial charge in [0.05, 0.1) is 17.8 Å². The lowest BCUT2D eigenvalue weighted by Gasteiger charge is -2.31. The quantitative estimate of drug-likeness (QED) is 0.857. The van der Waals surface area contributed by atoms with E-state index in [0.717, 1.165) is 29.9 Å². The summed E-state index contributed by atoms with van der Waals surface area (Å²) in [5.41, 5.74) is 2.01. The second-order valence-electron chi connectivity index (χ2n) is 8.68. The van der Waals surface area contributed by atoms with Crippen LogP contribution in [-0.2, 0) is 17.8 Å². The molecule has 0 atom stereocenters. The molecule has 3 rings (SSSR count). The van der Waals surface area contributed by atoms with Crippen molar-refractivity contribution in [2.45, 2.75) is 78.2 Å². The fourth-order valence-corrected chi connectivity index (χ4v) is 3.02. The number of carbonyl (C=O) groups excluding carboxylic acids is 2. The number of hydrogen-bond acceptors (Lipinski definition) is 5. The van der Waals surface area contributed by atoms with Crippen LogP contribution in [0.3, 0.4) is 0 Å². The first-order chi connectivity index (χ1) is 12.6. The molecule has 0 bridgehead atoms. The first-order valence-electron chi connectivity index (χ1n) is 9.60. The first-order valence-corrected chi connectivity index (χ1v) is 9.60. The van der Waals surface area contributed by atoms with Gasteiger partial charge in [0.2, 0.25) is 0 Å². The third-order valence-electron chi connectivity index (χ3n) is 5.13. The van der Waals surface area contributed by atoms with E-state index in [1.54, 1.807) is 0 Å². The molecule has 1 aromatic heterocycles. The van der Waals surface area contributed by atoms with Crippen molar-refractivity contribution in [1.29, 1.82) is 0 Å². The second-order valence-corrected chi connectivity index (χ2v) is 8.68. The fraction of sp³-hybridized carbons (Fsp3) is 0.650. The molecule has 2 amide bonds. The van der Waals surface area contributed by atoms with Gasteiger partial charge in [-0.2, -0.15) is 0 Å². The van der Waals surface area contributed by atoms with E-state index in [2.05, 4.69) is 19.2 Å². The number of carbonyl (C=O) groups is 2. The Kier molecular flexibility index (Phi) is 5.06. The Morgan fingerprint density at radius 2 is 2.07 bits per heavy atom. The summed E-state index contributed by atoms with van der Waals surface area (Å²) in [5, 5.41) is 2.79. The van der Waals surface area contributed by atoms with Gasteiger partial charge in [0, 0.05) is 30.7 Å². The highest BCUT2D eigenvalue weighted by Gasteiger charge is 2.37. The van der Waals surface area contributed by atoms with Gasteiger partial charge in [-0.25, -0.2) is 9.78 Å². The van der Waals surface area contributed by atoms with Crippen molar-refractivity contribution in [2.75, 3.05) is 11.9 Å². The molecule has 2 aliphatic rings. The smallest absolute Gasteiger partial charge is 0.407 e. The molecule has 1 saturated carbocycles. The maximum atomic E-state index is 13.0. The minimum atomic E-state index is -0.423. The first kappa shape index (κ1) is 19.5. The number of alkyl carbamates (subject to hydrolysis) is 1. The monoisotopic (exact) mass is 374 g/mol. The van der Waals surface area contributed by atoms with Gasteiger partial charge in [-0.3, -0.25) is 4.79 Å². The van der Waals surface area contributed by atoms with Gasteiger partial charge in [0.25, 0.3) is 5.91 Å². The number of anilines is 1. The Hall–Kier alpha value is -2.31. The molecule has 1 aliphatic carbocycles. The van der Waals surface area contributed by atoms with Gasteiger partial charge >= 0.3 is 6.09 Å². The molecular weight excluding hydrogens is 344 g/mol. The summed E-state index contributed by atoms with van der Waals surface area (Å²) < 4.78 is 5.25. The molecule has 1 aromatic rings. The van der Waals surface area contributed by atoms with Crippen LogP contribution in [0.15, 0.2) is 6.07 Å². The zero-order valence-electron chi connectivity index (χ0n) is 17.1. The molecule has 7 nitrogen and oxygen atoms in total. The minimum Gasteiger partial charge on any atom is -0.446 e. The van der Waals surface area contributed by atoms with Crippen LogP contribution in [-0.4, -0.2) is 46.6 Å². The summed E-state index contributed by atoms with van der Waals surface area (Å²) in [6, 6.07) is 2.11. The largest absolute Gasteiger partial charge is 0.446 e. The van der Waals surface area contributed by atoms with Crippen molar-refractivity contribution in [1.82, 2.24) is 15.2 Å². The van der Waals surface area contributed by atoms with E-state index >= 15 is 0 Å². The molecule has 2 heterocycles. The summed E-state index contributed by atoms with van der Waals surface area (Å²) in [6.07, 6.45) is 1.50. The molecule has 0 saturated heterocycles. The predicted molar refractivity (Wildman–Crippen MR) is 104 cm³/mol. The van der Waals surface area contributed by atoms with Gasteiger partial charge in [-0.15, -0.1) is 0 Å². The lowest BCUT2D eigenvalue weighted by atomic mass is 10.1.